The van der Waals surface area contributed by atoms with Crippen LogP contribution in [0.1, 0.15) is 16.7 Å². The van der Waals surface area contributed by atoms with Crippen LogP contribution in [0.4, 0.5) is 11.5 Å². The Balaban J connectivity index is 1.84. The molecule has 6 heteroatoms. The highest BCUT2D eigenvalue weighted by molar-refractivity contribution is 6.31. The summed E-state index contributed by atoms with van der Waals surface area (Å²) >= 11 is 6.16. The summed E-state index contributed by atoms with van der Waals surface area (Å²) in [6.45, 7) is 0.476. The molecule has 116 valence electrons. The number of nitrogens with one attached hydrogen (secondary N) is 1. The Labute approximate surface area is 144 Å². The van der Waals surface area contributed by atoms with E-state index in [9.17, 15) is 5.26 Å². The molecule has 0 amide bonds. The average molecular weight is 334 g/mol. The molecule has 0 spiro atoms. The normalized spacial score (nSPS) is 9.96. The molecule has 0 saturated heterocycles. The van der Waals surface area contributed by atoms with Crippen LogP contribution in [0.25, 0.3) is 0 Å². The van der Waals surface area contributed by atoms with E-state index in [1.807, 2.05) is 24.3 Å². The van der Waals surface area contributed by atoms with Gasteiger partial charge >= 0.3 is 0 Å². The summed E-state index contributed by atoms with van der Waals surface area (Å²) in [5, 5.41) is 26.3. The lowest BCUT2D eigenvalue weighted by Crippen LogP contribution is -2.01. The van der Waals surface area contributed by atoms with Crippen molar-refractivity contribution in [2.75, 3.05) is 5.32 Å². The van der Waals surface area contributed by atoms with Crippen LogP contribution >= 0.6 is 11.6 Å². The molecule has 0 aliphatic carbocycles. The van der Waals surface area contributed by atoms with Crippen LogP contribution < -0.4 is 5.32 Å². The van der Waals surface area contributed by atoms with Crippen LogP contribution in [-0.2, 0) is 6.54 Å². The number of nitriles is 2. The number of halogens is 1. The predicted octanol–water partition coefficient (Wildman–Crippen LogP) is 4.07. The summed E-state index contributed by atoms with van der Waals surface area (Å²) in [6, 6.07) is 18.7. The molecule has 5 nitrogen and oxygen atoms in total. The molecule has 1 aromatic heterocycles. The molecule has 0 aliphatic heterocycles. The van der Waals surface area contributed by atoms with Gasteiger partial charge in [0.05, 0.1) is 18.2 Å². The summed E-state index contributed by atoms with van der Waals surface area (Å²) in [5.74, 6) is 0.467. The Morgan fingerprint density at radius 3 is 2.46 bits per heavy atom. The topological polar surface area (TPSA) is 77.4 Å². The summed E-state index contributed by atoms with van der Waals surface area (Å²) in [5.41, 5.74) is 2.70. The minimum Gasteiger partial charge on any atom is -0.338 e. The maximum Gasteiger partial charge on any atom is 0.170 e. The molecule has 0 aliphatic rings. The van der Waals surface area contributed by atoms with Gasteiger partial charge in [0, 0.05) is 16.9 Å². The van der Waals surface area contributed by atoms with Gasteiger partial charge in [-0.2, -0.15) is 15.6 Å². The zero-order valence-electron chi connectivity index (χ0n) is 12.6. The van der Waals surface area contributed by atoms with Crippen LogP contribution in [0, 0.1) is 22.7 Å². The minimum absolute atomic E-state index is 0.436. The Hall–Kier alpha value is -3.28. The summed E-state index contributed by atoms with van der Waals surface area (Å²) in [6.07, 6.45) is 1.68. The maximum absolute atomic E-state index is 9.30. The second-order valence-electron chi connectivity index (χ2n) is 5.11. The largest absolute Gasteiger partial charge is 0.338 e. The highest BCUT2D eigenvalue weighted by Crippen LogP contribution is 2.21. The van der Waals surface area contributed by atoms with Crippen LogP contribution in [0.15, 0.2) is 54.7 Å². The van der Waals surface area contributed by atoms with Crippen molar-refractivity contribution in [3.63, 3.8) is 0 Å². The van der Waals surface area contributed by atoms with E-state index in [1.54, 1.807) is 35.1 Å². The summed E-state index contributed by atoms with van der Waals surface area (Å²) in [4.78, 5) is 0. The van der Waals surface area contributed by atoms with Crippen molar-refractivity contribution in [1.29, 1.82) is 10.5 Å². The average Bonchev–Trinajstić information content (AvgIpc) is 2.99. The second kappa shape index (κ2) is 6.87. The molecule has 0 saturated carbocycles. The molecule has 3 aromatic rings. The van der Waals surface area contributed by atoms with Gasteiger partial charge in [-0.05, 0) is 35.9 Å². The third-order valence-corrected chi connectivity index (χ3v) is 3.82. The van der Waals surface area contributed by atoms with E-state index in [0.717, 1.165) is 11.3 Å². The second-order valence-corrected chi connectivity index (χ2v) is 5.51. The van der Waals surface area contributed by atoms with Crippen molar-refractivity contribution in [1.82, 2.24) is 9.78 Å². The minimum atomic E-state index is 0.436. The van der Waals surface area contributed by atoms with Crippen molar-refractivity contribution in [2.24, 2.45) is 0 Å². The zero-order chi connectivity index (χ0) is 16.9. The van der Waals surface area contributed by atoms with Crippen LogP contribution in [0.5, 0.6) is 0 Å². The number of aromatic nitrogens is 2. The molecule has 0 radical (unpaired) electrons. The van der Waals surface area contributed by atoms with Gasteiger partial charge in [0.2, 0.25) is 0 Å². The molecule has 0 fully saturated rings. The third kappa shape index (κ3) is 3.38. The highest BCUT2D eigenvalue weighted by Gasteiger charge is 2.10. The lowest BCUT2D eigenvalue weighted by Gasteiger charge is -2.05. The number of rotatable bonds is 4. The Morgan fingerprint density at radius 1 is 1.04 bits per heavy atom. The Morgan fingerprint density at radius 2 is 1.79 bits per heavy atom. The number of hydrogen-bond donors (Lipinski definition) is 1. The van der Waals surface area contributed by atoms with Gasteiger partial charge in [0.15, 0.2) is 5.82 Å². The standard InChI is InChI=1S/C18H12ClN5/c19-17-4-2-1-3-14(17)11-24-12-15(10-21)18(23-24)22-16-7-5-13(9-20)6-8-16/h1-8,12H,11H2,(H,22,23). The third-order valence-electron chi connectivity index (χ3n) is 3.45. The van der Waals surface area contributed by atoms with Crippen molar-refractivity contribution >= 4 is 23.1 Å². The number of nitrogens with zero attached hydrogens (tertiary/aromatic N) is 4. The Bertz CT molecular complexity index is 945. The van der Waals surface area contributed by atoms with Gasteiger partial charge in [-0.25, -0.2) is 0 Å². The first-order valence-electron chi connectivity index (χ1n) is 7.18. The predicted molar refractivity (Wildman–Crippen MR) is 91.9 cm³/mol. The molecule has 2 aromatic carbocycles. The van der Waals surface area contributed by atoms with E-state index >= 15 is 0 Å². The Kier molecular flexibility index (Phi) is 4.47. The molecule has 0 atom stereocenters. The smallest absolute Gasteiger partial charge is 0.170 e. The number of benzene rings is 2. The van der Waals surface area contributed by atoms with Crippen LogP contribution in [0.2, 0.25) is 5.02 Å². The molecule has 0 bridgehead atoms. The highest BCUT2D eigenvalue weighted by atomic mass is 35.5. The maximum atomic E-state index is 9.30. The fraction of sp³-hybridized carbons (Fsp3) is 0.0556. The summed E-state index contributed by atoms with van der Waals surface area (Å²) < 4.78 is 1.67. The van der Waals surface area contributed by atoms with Gasteiger partial charge < -0.3 is 5.32 Å². The monoisotopic (exact) mass is 333 g/mol. The fourth-order valence-corrected chi connectivity index (χ4v) is 2.44. The lowest BCUT2D eigenvalue weighted by molar-refractivity contribution is 0.689. The van der Waals surface area contributed by atoms with Crippen LogP contribution in [0.3, 0.4) is 0 Å². The first kappa shape index (κ1) is 15.6. The number of hydrogen-bond acceptors (Lipinski definition) is 4. The lowest BCUT2D eigenvalue weighted by atomic mass is 10.2. The quantitative estimate of drug-likeness (QED) is 0.780. The van der Waals surface area contributed by atoms with Gasteiger partial charge in [0.1, 0.15) is 11.6 Å². The van der Waals surface area contributed by atoms with Gasteiger partial charge in [-0.3, -0.25) is 4.68 Å². The van der Waals surface area contributed by atoms with Gasteiger partial charge in [-0.1, -0.05) is 29.8 Å². The van der Waals surface area contributed by atoms with E-state index in [4.69, 9.17) is 16.9 Å². The first-order chi connectivity index (χ1) is 11.7. The molecule has 1 N–H and O–H groups in total. The molecular formula is C18H12ClN5. The van der Waals surface area contributed by atoms with Crippen molar-refractivity contribution in [3.05, 3.63) is 76.4 Å². The molecule has 1 heterocycles. The number of anilines is 2. The summed E-state index contributed by atoms with van der Waals surface area (Å²) in [7, 11) is 0. The molecule has 3 rings (SSSR count). The van der Waals surface area contributed by atoms with Crippen LogP contribution in [-0.4, -0.2) is 9.78 Å². The van der Waals surface area contributed by atoms with E-state index in [2.05, 4.69) is 22.6 Å². The fourth-order valence-electron chi connectivity index (χ4n) is 2.24. The van der Waals surface area contributed by atoms with Gasteiger partial charge in [-0.15, -0.1) is 0 Å². The van der Waals surface area contributed by atoms with E-state index in [1.165, 1.54) is 0 Å². The molecular weight excluding hydrogens is 322 g/mol. The molecule has 0 unspecified atom stereocenters. The SMILES string of the molecule is N#Cc1ccc(Nc2nn(Cc3ccccc3Cl)cc2C#N)cc1. The van der Waals surface area contributed by atoms with Crippen molar-refractivity contribution in [3.8, 4) is 12.1 Å². The van der Waals surface area contributed by atoms with E-state index in [0.29, 0.717) is 28.5 Å². The van der Waals surface area contributed by atoms with Gasteiger partial charge in [0.25, 0.3) is 0 Å². The zero-order valence-corrected chi connectivity index (χ0v) is 13.3. The molecule has 24 heavy (non-hydrogen) atoms. The van der Waals surface area contributed by atoms with Crippen molar-refractivity contribution in [2.45, 2.75) is 6.54 Å². The van der Waals surface area contributed by atoms with Crippen molar-refractivity contribution < 1.29 is 0 Å². The van der Waals surface area contributed by atoms with E-state index < -0.39 is 0 Å². The first-order valence-corrected chi connectivity index (χ1v) is 7.55. The van der Waals surface area contributed by atoms with E-state index in [-0.39, 0.29) is 0 Å².